The summed E-state index contributed by atoms with van der Waals surface area (Å²) in [6, 6.07) is 2.53. The summed E-state index contributed by atoms with van der Waals surface area (Å²) in [7, 11) is 0. The average Bonchev–Trinajstić information content (AvgIpc) is 3.31. The lowest BCUT2D eigenvalue weighted by molar-refractivity contribution is -0.174. The van der Waals surface area contributed by atoms with E-state index in [0.29, 0.717) is 10.7 Å². The van der Waals surface area contributed by atoms with Gasteiger partial charge < -0.3 is 15.1 Å². The number of fused-ring (bicyclic) bond motifs is 1. The van der Waals surface area contributed by atoms with Gasteiger partial charge in [0.15, 0.2) is 11.7 Å². The Labute approximate surface area is 170 Å². The van der Waals surface area contributed by atoms with Crippen molar-refractivity contribution in [3.8, 4) is 0 Å². The maximum Gasteiger partial charge on any atom is 0.410 e. The lowest BCUT2D eigenvalue weighted by atomic mass is 10.0. The van der Waals surface area contributed by atoms with Crippen LogP contribution in [0, 0.1) is 11.6 Å². The summed E-state index contributed by atoms with van der Waals surface area (Å²) >= 11 is 6.15. The highest BCUT2D eigenvalue weighted by Gasteiger charge is 2.48. The highest BCUT2D eigenvalue weighted by Crippen LogP contribution is 2.46. The van der Waals surface area contributed by atoms with E-state index < -0.39 is 47.9 Å². The van der Waals surface area contributed by atoms with E-state index in [2.05, 4.69) is 15.7 Å². The van der Waals surface area contributed by atoms with Crippen molar-refractivity contribution in [3.63, 3.8) is 0 Å². The molecule has 2 N–H and O–H groups in total. The van der Waals surface area contributed by atoms with Crippen LogP contribution in [-0.2, 0) is 0 Å². The van der Waals surface area contributed by atoms with Crippen molar-refractivity contribution in [3.05, 3.63) is 64.7 Å². The van der Waals surface area contributed by atoms with E-state index in [9.17, 15) is 26.7 Å². The van der Waals surface area contributed by atoms with Crippen LogP contribution in [0.25, 0.3) is 0 Å². The third-order valence-electron chi connectivity index (χ3n) is 4.58. The van der Waals surface area contributed by atoms with Crippen LogP contribution in [-0.4, -0.2) is 21.9 Å². The molecule has 158 valence electrons. The highest BCUT2D eigenvalue weighted by molar-refractivity contribution is 6.36. The Balaban J connectivity index is 1.70. The van der Waals surface area contributed by atoms with Crippen molar-refractivity contribution in [2.45, 2.75) is 24.7 Å². The monoisotopic (exact) mass is 446 g/mol. The maximum atomic E-state index is 13.8. The third kappa shape index (κ3) is 3.60. The van der Waals surface area contributed by atoms with E-state index in [1.165, 1.54) is 18.4 Å². The van der Waals surface area contributed by atoms with E-state index in [1.54, 1.807) is 0 Å². The average molecular weight is 447 g/mol. The second kappa shape index (κ2) is 7.31. The fraction of sp³-hybridized carbons (Fsp3) is 0.222. The summed E-state index contributed by atoms with van der Waals surface area (Å²) in [4.78, 5) is 12.5. The summed E-state index contributed by atoms with van der Waals surface area (Å²) in [6.45, 7) is 0. The molecule has 1 aliphatic rings. The van der Waals surface area contributed by atoms with Crippen molar-refractivity contribution in [2.24, 2.45) is 0 Å². The first-order valence-electron chi connectivity index (χ1n) is 8.56. The Morgan fingerprint density at radius 3 is 2.70 bits per heavy atom. The molecule has 30 heavy (non-hydrogen) atoms. The van der Waals surface area contributed by atoms with Crippen LogP contribution in [0.5, 0.6) is 0 Å². The van der Waals surface area contributed by atoms with E-state index in [1.807, 2.05) is 0 Å². The molecule has 0 saturated carbocycles. The molecule has 6 nitrogen and oxygen atoms in total. The number of aromatic nitrogens is 2. The standard InChI is InChI=1S/C18H12ClF5N4O2/c19-14-15(17(29)26-10-4-3-8(20)6-9(10)21)27-28-13(18(22,23)24)7-11(25-16(14)28)12-2-1-5-30-12/h1-6,11,13,25H,7H2,(H,26,29)/t11-,13+/m0/s1. The maximum absolute atomic E-state index is 13.8. The van der Waals surface area contributed by atoms with Crippen molar-refractivity contribution >= 4 is 29.0 Å². The number of hydrogen-bond donors (Lipinski definition) is 2. The van der Waals surface area contributed by atoms with Crippen molar-refractivity contribution in [1.82, 2.24) is 9.78 Å². The minimum absolute atomic E-state index is 0.226. The molecule has 1 aliphatic heterocycles. The summed E-state index contributed by atoms with van der Waals surface area (Å²) < 4.78 is 73.6. The van der Waals surface area contributed by atoms with Gasteiger partial charge in [0.1, 0.15) is 28.2 Å². The van der Waals surface area contributed by atoms with Crippen LogP contribution in [0.3, 0.4) is 0 Å². The molecular weight excluding hydrogens is 435 g/mol. The van der Waals surface area contributed by atoms with Gasteiger partial charge in [-0.2, -0.15) is 18.3 Å². The van der Waals surface area contributed by atoms with Crippen LogP contribution in [0.2, 0.25) is 5.02 Å². The smallest absolute Gasteiger partial charge is 0.410 e. The quantitative estimate of drug-likeness (QED) is 0.534. The topological polar surface area (TPSA) is 72.1 Å². The van der Waals surface area contributed by atoms with Gasteiger partial charge in [0, 0.05) is 12.5 Å². The van der Waals surface area contributed by atoms with E-state index in [-0.39, 0.29) is 22.3 Å². The number of anilines is 2. The lowest BCUT2D eigenvalue weighted by Crippen LogP contribution is -2.35. The number of benzene rings is 1. The fourth-order valence-corrected chi connectivity index (χ4v) is 3.45. The molecule has 0 aliphatic carbocycles. The molecule has 0 spiro atoms. The van der Waals surface area contributed by atoms with Crippen LogP contribution >= 0.6 is 11.6 Å². The van der Waals surface area contributed by atoms with Crippen molar-refractivity contribution < 1.29 is 31.2 Å². The number of nitrogens with one attached hydrogen (secondary N) is 2. The fourth-order valence-electron chi connectivity index (χ4n) is 3.18. The minimum Gasteiger partial charge on any atom is -0.467 e. The van der Waals surface area contributed by atoms with Gasteiger partial charge in [-0.3, -0.25) is 4.79 Å². The molecule has 0 radical (unpaired) electrons. The van der Waals surface area contributed by atoms with E-state index in [4.69, 9.17) is 16.0 Å². The summed E-state index contributed by atoms with van der Waals surface area (Å²) in [5, 5.41) is 8.27. The Hall–Kier alpha value is -3.08. The van der Waals surface area contributed by atoms with Crippen molar-refractivity contribution in [2.75, 3.05) is 10.6 Å². The second-order valence-electron chi connectivity index (χ2n) is 6.54. The molecule has 12 heteroatoms. The molecule has 1 aromatic carbocycles. The van der Waals surface area contributed by atoms with Gasteiger partial charge >= 0.3 is 6.18 Å². The number of carbonyl (C=O) groups excluding carboxylic acids is 1. The molecule has 2 atom stereocenters. The zero-order valence-corrected chi connectivity index (χ0v) is 15.6. The Kier molecular flexibility index (Phi) is 4.92. The van der Waals surface area contributed by atoms with E-state index in [0.717, 1.165) is 12.1 Å². The number of alkyl halides is 3. The van der Waals surface area contributed by atoms with Gasteiger partial charge in [-0.05, 0) is 24.3 Å². The molecule has 3 heterocycles. The van der Waals surface area contributed by atoms with Gasteiger partial charge in [-0.1, -0.05) is 11.6 Å². The number of rotatable bonds is 3. The minimum atomic E-state index is -4.69. The molecule has 1 amide bonds. The predicted octanol–water partition coefficient (Wildman–Crippen LogP) is 5.32. The molecule has 0 unspecified atom stereocenters. The second-order valence-corrected chi connectivity index (χ2v) is 6.92. The first kappa shape index (κ1) is 20.2. The zero-order chi connectivity index (χ0) is 21.6. The third-order valence-corrected chi connectivity index (χ3v) is 4.93. The molecular formula is C18H12ClF5N4O2. The lowest BCUT2D eigenvalue weighted by Gasteiger charge is -2.32. The molecule has 0 bridgehead atoms. The van der Waals surface area contributed by atoms with Gasteiger partial charge in [0.2, 0.25) is 0 Å². The van der Waals surface area contributed by atoms with E-state index >= 15 is 0 Å². The normalized spacial score (nSPS) is 18.6. The zero-order valence-electron chi connectivity index (χ0n) is 14.8. The van der Waals surface area contributed by atoms with Crippen LogP contribution in [0.1, 0.15) is 34.8 Å². The highest BCUT2D eigenvalue weighted by atomic mass is 35.5. The number of nitrogens with zero attached hydrogens (tertiary/aromatic N) is 2. The Morgan fingerprint density at radius 1 is 1.30 bits per heavy atom. The number of amides is 1. The van der Waals surface area contributed by atoms with Crippen LogP contribution < -0.4 is 10.6 Å². The Bertz CT molecular complexity index is 1100. The molecule has 0 fully saturated rings. The number of carbonyl (C=O) groups is 1. The summed E-state index contributed by atoms with van der Waals surface area (Å²) in [5.41, 5.74) is -0.922. The Morgan fingerprint density at radius 2 is 2.07 bits per heavy atom. The predicted molar refractivity (Wildman–Crippen MR) is 96.3 cm³/mol. The van der Waals surface area contributed by atoms with Crippen LogP contribution in [0.4, 0.5) is 33.5 Å². The van der Waals surface area contributed by atoms with Crippen molar-refractivity contribution in [1.29, 1.82) is 0 Å². The van der Waals surface area contributed by atoms with Crippen LogP contribution in [0.15, 0.2) is 41.0 Å². The first-order chi connectivity index (χ1) is 14.1. The van der Waals surface area contributed by atoms with Gasteiger partial charge in [0.25, 0.3) is 5.91 Å². The number of halogens is 6. The van der Waals surface area contributed by atoms with Gasteiger partial charge in [-0.15, -0.1) is 0 Å². The molecule has 3 aromatic rings. The number of hydrogen-bond acceptors (Lipinski definition) is 4. The first-order valence-corrected chi connectivity index (χ1v) is 8.94. The summed E-state index contributed by atoms with van der Waals surface area (Å²) in [5.74, 6) is -2.94. The molecule has 0 saturated heterocycles. The molecule has 2 aromatic heterocycles. The molecule has 4 rings (SSSR count). The summed E-state index contributed by atoms with van der Waals surface area (Å²) in [6.07, 6.45) is -3.81. The van der Waals surface area contributed by atoms with Gasteiger partial charge in [-0.25, -0.2) is 13.5 Å². The van der Waals surface area contributed by atoms with Gasteiger partial charge in [0.05, 0.1) is 18.0 Å². The number of furan rings is 1. The largest absolute Gasteiger partial charge is 0.467 e. The SMILES string of the molecule is O=C(Nc1ccc(F)cc1F)c1nn2c(c1Cl)N[C@H](c1ccco1)C[C@@H]2C(F)(F)F.